The molecule has 2 aliphatic rings. The molecular weight excluding hydrogens is 314 g/mol. The zero-order chi connectivity index (χ0) is 16.4. The Kier molecular flexibility index (Phi) is 4.77. The summed E-state index contributed by atoms with van der Waals surface area (Å²) in [6.07, 6.45) is 5.61. The Morgan fingerprint density at radius 3 is 2.61 bits per heavy atom. The van der Waals surface area contributed by atoms with E-state index in [9.17, 15) is 13.2 Å². The molecule has 0 bridgehead atoms. The van der Waals surface area contributed by atoms with Crippen LogP contribution in [0.5, 0.6) is 0 Å². The summed E-state index contributed by atoms with van der Waals surface area (Å²) in [6, 6.07) is 5.23. The van der Waals surface area contributed by atoms with Crippen LogP contribution in [0.2, 0.25) is 0 Å². The normalized spacial score (nSPS) is 23.3. The van der Waals surface area contributed by atoms with Crippen molar-refractivity contribution < 1.29 is 8.42 Å². The van der Waals surface area contributed by atoms with E-state index in [1.807, 2.05) is 11.0 Å². The van der Waals surface area contributed by atoms with Crippen LogP contribution in [-0.2, 0) is 17.1 Å². The summed E-state index contributed by atoms with van der Waals surface area (Å²) >= 11 is 0. The molecule has 1 saturated heterocycles. The monoisotopic (exact) mass is 339 g/mol. The van der Waals surface area contributed by atoms with E-state index in [0.717, 1.165) is 44.5 Å². The van der Waals surface area contributed by atoms with Crippen LogP contribution in [0.15, 0.2) is 23.0 Å². The number of pyridine rings is 1. The maximum atomic E-state index is 12.7. The third-order valence-corrected chi connectivity index (χ3v) is 6.91. The van der Waals surface area contributed by atoms with E-state index in [-0.39, 0.29) is 11.6 Å². The van der Waals surface area contributed by atoms with Gasteiger partial charge >= 0.3 is 0 Å². The van der Waals surface area contributed by atoms with Gasteiger partial charge in [0.1, 0.15) is 5.82 Å². The first-order valence-electron chi connectivity index (χ1n) is 8.39. The fraction of sp³-hybridized carbons (Fsp3) is 0.688. The number of nitrogens with one attached hydrogen (secondary N) is 1. The summed E-state index contributed by atoms with van der Waals surface area (Å²) in [5.74, 6) is 0.790. The number of hydrogen-bond donors (Lipinski definition) is 1. The molecule has 1 aliphatic heterocycles. The van der Waals surface area contributed by atoms with Crippen molar-refractivity contribution in [2.45, 2.75) is 49.8 Å². The number of aromatic nitrogens is 1. The Morgan fingerprint density at radius 1 is 1.13 bits per heavy atom. The number of piperidine rings is 1. The van der Waals surface area contributed by atoms with E-state index in [2.05, 4.69) is 4.72 Å². The third kappa shape index (κ3) is 3.61. The maximum absolute atomic E-state index is 12.7. The van der Waals surface area contributed by atoms with E-state index in [1.54, 1.807) is 17.7 Å². The first-order chi connectivity index (χ1) is 11.0. The summed E-state index contributed by atoms with van der Waals surface area (Å²) in [4.78, 5) is 13.8. The van der Waals surface area contributed by atoms with Gasteiger partial charge in [-0.15, -0.1) is 0 Å². The highest BCUT2D eigenvalue weighted by atomic mass is 32.2. The number of hydrogen-bond acceptors (Lipinski definition) is 4. The summed E-state index contributed by atoms with van der Waals surface area (Å²) in [5, 5.41) is -0.410. The minimum atomic E-state index is -3.31. The molecule has 6 nitrogen and oxygen atoms in total. The van der Waals surface area contributed by atoms with Crippen molar-refractivity contribution in [3.8, 4) is 0 Å². The summed E-state index contributed by atoms with van der Waals surface area (Å²) < 4.78 is 29.8. The Hall–Kier alpha value is -1.34. The molecule has 1 aliphatic carbocycles. The molecule has 7 heteroatoms. The first kappa shape index (κ1) is 16.5. The van der Waals surface area contributed by atoms with Crippen molar-refractivity contribution in [1.82, 2.24) is 9.29 Å². The van der Waals surface area contributed by atoms with Gasteiger partial charge in [-0.05, 0) is 31.7 Å². The van der Waals surface area contributed by atoms with Gasteiger partial charge in [-0.2, -0.15) is 0 Å². The highest BCUT2D eigenvalue weighted by molar-refractivity contribution is 7.90. The second-order valence-electron chi connectivity index (χ2n) is 6.64. The molecule has 2 heterocycles. The molecule has 0 spiro atoms. The average Bonchev–Trinajstić information content (AvgIpc) is 3.02. The van der Waals surface area contributed by atoms with E-state index < -0.39 is 15.3 Å². The largest absolute Gasteiger partial charge is 0.357 e. The van der Waals surface area contributed by atoms with Gasteiger partial charge < -0.3 is 4.90 Å². The van der Waals surface area contributed by atoms with Crippen LogP contribution in [-0.4, -0.2) is 37.4 Å². The smallest absolute Gasteiger partial charge is 0.251 e. The van der Waals surface area contributed by atoms with Crippen LogP contribution in [0.4, 0.5) is 5.82 Å². The van der Waals surface area contributed by atoms with Crippen molar-refractivity contribution in [2.24, 2.45) is 7.05 Å². The van der Waals surface area contributed by atoms with Crippen molar-refractivity contribution in [3.05, 3.63) is 28.6 Å². The highest BCUT2D eigenvalue weighted by Gasteiger charge is 2.33. The third-order valence-electron chi connectivity index (χ3n) is 4.99. The van der Waals surface area contributed by atoms with Crippen molar-refractivity contribution in [2.75, 3.05) is 18.0 Å². The topological polar surface area (TPSA) is 71.4 Å². The van der Waals surface area contributed by atoms with Gasteiger partial charge in [-0.3, -0.25) is 9.36 Å². The molecule has 1 atom stereocenters. The Bertz CT molecular complexity index is 708. The van der Waals surface area contributed by atoms with E-state index >= 15 is 0 Å². The van der Waals surface area contributed by atoms with Gasteiger partial charge in [0.25, 0.3) is 5.56 Å². The average molecular weight is 339 g/mol. The quantitative estimate of drug-likeness (QED) is 0.895. The van der Waals surface area contributed by atoms with Gasteiger partial charge in [0, 0.05) is 32.2 Å². The molecule has 0 radical (unpaired) electrons. The molecule has 0 aromatic carbocycles. The molecule has 128 valence electrons. The van der Waals surface area contributed by atoms with E-state index in [4.69, 9.17) is 0 Å². The molecule has 1 unspecified atom stereocenters. The number of rotatable bonds is 4. The molecule has 0 amide bonds. The Balaban J connectivity index is 1.75. The number of sulfonamides is 1. The van der Waals surface area contributed by atoms with Gasteiger partial charge in [-0.1, -0.05) is 18.9 Å². The minimum absolute atomic E-state index is 0.0726. The molecule has 1 aromatic heterocycles. The van der Waals surface area contributed by atoms with Gasteiger partial charge in [0.15, 0.2) is 0 Å². The van der Waals surface area contributed by atoms with Crippen molar-refractivity contribution >= 4 is 15.8 Å². The van der Waals surface area contributed by atoms with Crippen LogP contribution in [0, 0.1) is 0 Å². The van der Waals surface area contributed by atoms with Gasteiger partial charge in [0.05, 0.1) is 5.25 Å². The van der Waals surface area contributed by atoms with E-state index in [0.29, 0.717) is 13.0 Å². The lowest BCUT2D eigenvalue weighted by molar-refractivity contribution is 0.502. The molecular formula is C16H25N3O3S. The maximum Gasteiger partial charge on any atom is 0.251 e. The van der Waals surface area contributed by atoms with Gasteiger partial charge in [0.2, 0.25) is 10.0 Å². The lowest BCUT2D eigenvalue weighted by Crippen LogP contribution is -2.49. The lowest BCUT2D eigenvalue weighted by Gasteiger charge is -2.35. The molecule has 1 aromatic rings. The second-order valence-corrected chi connectivity index (χ2v) is 8.63. The fourth-order valence-electron chi connectivity index (χ4n) is 3.64. The molecule has 23 heavy (non-hydrogen) atoms. The van der Waals surface area contributed by atoms with Crippen molar-refractivity contribution in [1.29, 1.82) is 0 Å². The minimum Gasteiger partial charge on any atom is -0.357 e. The predicted molar refractivity (Wildman–Crippen MR) is 91.2 cm³/mol. The van der Waals surface area contributed by atoms with Crippen molar-refractivity contribution in [3.63, 3.8) is 0 Å². The Morgan fingerprint density at radius 2 is 1.87 bits per heavy atom. The zero-order valence-corrected chi connectivity index (χ0v) is 14.4. The van der Waals surface area contributed by atoms with Crippen LogP contribution in [0.1, 0.15) is 38.5 Å². The number of anilines is 1. The SMILES string of the molecule is Cn1c(N2CCCC(S(=O)(=O)NC3CCCC3)C2)cccc1=O. The lowest BCUT2D eigenvalue weighted by atomic mass is 10.1. The molecule has 3 rings (SSSR count). The molecule has 2 fully saturated rings. The Labute approximate surface area is 137 Å². The fourth-order valence-corrected chi connectivity index (χ4v) is 5.39. The second kappa shape index (κ2) is 6.65. The summed E-state index contributed by atoms with van der Waals surface area (Å²) in [5.41, 5.74) is -0.0726. The highest BCUT2D eigenvalue weighted by Crippen LogP contribution is 2.24. The molecule has 1 N–H and O–H groups in total. The number of nitrogens with zero attached hydrogens (tertiary/aromatic N) is 2. The first-order valence-corrected chi connectivity index (χ1v) is 9.94. The van der Waals surface area contributed by atoms with Gasteiger partial charge in [-0.25, -0.2) is 13.1 Å². The van der Waals surface area contributed by atoms with E-state index in [1.165, 1.54) is 6.07 Å². The summed E-state index contributed by atoms with van der Waals surface area (Å²) in [7, 11) is -1.58. The standard InChI is InChI=1S/C16H25N3O3S/c1-18-15(9-4-10-16(18)20)19-11-5-8-14(12-19)23(21,22)17-13-6-2-3-7-13/h4,9-10,13-14,17H,2-3,5-8,11-12H2,1H3. The van der Waals surface area contributed by atoms with Crippen LogP contribution < -0.4 is 15.2 Å². The van der Waals surface area contributed by atoms with Crippen LogP contribution in [0.3, 0.4) is 0 Å². The van der Waals surface area contributed by atoms with Crippen LogP contribution in [0.25, 0.3) is 0 Å². The predicted octanol–water partition coefficient (Wildman–Crippen LogP) is 1.22. The van der Waals surface area contributed by atoms with Crippen LogP contribution >= 0.6 is 0 Å². The molecule has 1 saturated carbocycles. The zero-order valence-electron chi connectivity index (χ0n) is 13.6. The summed E-state index contributed by atoms with van der Waals surface area (Å²) in [6.45, 7) is 1.23.